The average Bonchev–Trinajstić information content (AvgIpc) is 3.08. The number of aromatic nitrogens is 2. The molecule has 0 atom stereocenters. The van der Waals surface area contributed by atoms with E-state index in [2.05, 4.69) is 38.4 Å². The van der Waals surface area contributed by atoms with Crippen molar-refractivity contribution in [2.45, 2.75) is 35.7 Å². The third-order valence-corrected chi connectivity index (χ3v) is 7.05. The van der Waals surface area contributed by atoms with E-state index in [1.807, 2.05) is 0 Å². The highest BCUT2D eigenvalue weighted by molar-refractivity contribution is 7.99. The van der Waals surface area contributed by atoms with Crippen molar-refractivity contribution in [2.24, 2.45) is 11.3 Å². The lowest BCUT2D eigenvalue weighted by Gasteiger charge is -2.43. The molecular formula is C20H22N4O2S. The van der Waals surface area contributed by atoms with Crippen molar-refractivity contribution in [3.63, 3.8) is 0 Å². The fraction of sp³-hybridized carbons (Fsp3) is 0.450. The van der Waals surface area contributed by atoms with Gasteiger partial charge in [0.1, 0.15) is 5.03 Å². The van der Waals surface area contributed by atoms with Crippen molar-refractivity contribution in [1.82, 2.24) is 14.9 Å². The predicted octanol–water partition coefficient (Wildman–Crippen LogP) is 3.46. The summed E-state index contributed by atoms with van der Waals surface area (Å²) in [5.74, 6) is 0.900. The minimum atomic E-state index is -0.0410. The maximum Gasteiger partial charge on any atom is 0.308 e. The lowest BCUT2D eigenvalue weighted by Crippen LogP contribution is -2.43. The first-order valence-electron chi connectivity index (χ1n) is 9.33. The van der Waals surface area contributed by atoms with Gasteiger partial charge in [0.05, 0.1) is 18.7 Å². The van der Waals surface area contributed by atoms with E-state index in [1.54, 1.807) is 24.2 Å². The maximum atomic E-state index is 11.7. The third kappa shape index (κ3) is 3.08. The van der Waals surface area contributed by atoms with Crippen LogP contribution in [-0.2, 0) is 16.1 Å². The van der Waals surface area contributed by atoms with E-state index in [0.29, 0.717) is 5.41 Å². The fourth-order valence-electron chi connectivity index (χ4n) is 4.65. The van der Waals surface area contributed by atoms with Crippen LogP contribution in [0.1, 0.15) is 24.8 Å². The van der Waals surface area contributed by atoms with Crippen molar-refractivity contribution in [2.75, 3.05) is 25.5 Å². The van der Waals surface area contributed by atoms with Gasteiger partial charge in [-0.15, -0.1) is 0 Å². The molecule has 1 saturated carbocycles. The van der Waals surface area contributed by atoms with Crippen molar-refractivity contribution in [3.05, 3.63) is 36.2 Å². The highest BCUT2D eigenvalue weighted by Gasteiger charge is 2.51. The minimum absolute atomic E-state index is 0.0410. The number of ether oxygens (including phenoxy) is 1. The van der Waals surface area contributed by atoms with Gasteiger partial charge >= 0.3 is 5.97 Å². The Hall–Kier alpha value is -2.12. The van der Waals surface area contributed by atoms with Crippen molar-refractivity contribution in [3.8, 4) is 0 Å². The monoisotopic (exact) mass is 382 g/mol. The molecule has 7 heteroatoms. The van der Waals surface area contributed by atoms with Crippen molar-refractivity contribution in [1.29, 1.82) is 0 Å². The summed E-state index contributed by atoms with van der Waals surface area (Å²) in [6, 6.07) is 6.60. The number of methoxy groups -OCH3 is 1. The number of anilines is 2. The summed E-state index contributed by atoms with van der Waals surface area (Å²) < 4.78 is 4.89. The van der Waals surface area contributed by atoms with Gasteiger partial charge in [0.15, 0.2) is 5.82 Å². The summed E-state index contributed by atoms with van der Waals surface area (Å²) in [5.41, 5.74) is 2.74. The quantitative estimate of drug-likeness (QED) is 0.696. The Morgan fingerprint density at radius 2 is 2.22 bits per heavy atom. The van der Waals surface area contributed by atoms with E-state index in [4.69, 9.17) is 4.74 Å². The van der Waals surface area contributed by atoms with Crippen LogP contribution in [0.25, 0.3) is 0 Å². The maximum absolute atomic E-state index is 11.7. The molecule has 0 amide bonds. The van der Waals surface area contributed by atoms with Crippen LogP contribution < -0.4 is 5.32 Å². The van der Waals surface area contributed by atoms with Crippen LogP contribution in [0, 0.1) is 11.3 Å². The Kier molecular flexibility index (Phi) is 4.09. The second-order valence-corrected chi connectivity index (χ2v) is 8.89. The summed E-state index contributed by atoms with van der Waals surface area (Å²) in [6.45, 7) is 3.12. The zero-order chi connectivity index (χ0) is 18.4. The number of hydrogen-bond donors (Lipinski definition) is 1. The Labute approximate surface area is 162 Å². The molecule has 3 aliphatic rings. The fourth-order valence-corrected chi connectivity index (χ4v) is 5.53. The molecule has 2 aliphatic heterocycles. The molecule has 3 heterocycles. The molecule has 140 valence electrons. The highest BCUT2D eigenvalue weighted by Crippen LogP contribution is 2.52. The lowest BCUT2D eigenvalue weighted by molar-refractivity contribution is -0.153. The van der Waals surface area contributed by atoms with Crippen LogP contribution in [0.3, 0.4) is 0 Å². The molecule has 1 aromatic heterocycles. The normalized spacial score (nSPS) is 26.0. The number of nitrogens with one attached hydrogen (secondary N) is 1. The second-order valence-electron chi connectivity index (χ2n) is 7.86. The first kappa shape index (κ1) is 17.0. The number of hydrogen-bond acceptors (Lipinski definition) is 7. The number of carbonyl (C=O) groups is 1. The van der Waals surface area contributed by atoms with E-state index in [1.165, 1.54) is 24.0 Å². The number of fused-ring (bicyclic) bond motifs is 2. The SMILES string of the molecule is COC(=O)C1CC2(CCN(Cc3ccc4c(c3)Nc3nccnc3S4)C2)C1. The molecule has 1 spiro atoms. The van der Waals surface area contributed by atoms with Crippen LogP contribution in [0.15, 0.2) is 40.5 Å². The third-order valence-electron chi connectivity index (χ3n) is 5.99. The molecule has 2 aromatic rings. The van der Waals surface area contributed by atoms with Gasteiger partial charge in [0, 0.05) is 30.4 Å². The minimum Gasteiger partial charge on any atom is -0.469 e. The van der Waals surface area contributed by atoms with E-state index >= 15 is 0 Å². The van der Waals surface area contributed by atoms with Gasteiger partial charge in [-0.2, -0.15) is 0 Å². The van der Waals surface area contributed by atoms with E-state index < -0.39 is 0 Å². The molecule has 1 saturated heterocycles. The molecule has 5 rings (SSSR count). The number of benzene rings is 1. The standard InChI is InChI=1S/C20H22N4O2S/c1-26-19(25)14-9-20(10-14)4-7-24(12-20)11-13-2-3-16-15(8-13)23-17-18(27-16)22-6-5-21-17/h2-3,5-6,8,14H,4,7,9-12H2,1H3,(H,21,23). The zero-order valence-corrected chi connectivity index (χ0v) is 16.1. The molecular weight excluding hydrogens is 360 g/mol. The number of rotatable bonds is 3. The molecule has 0 bridgehead atoms. The summed E-state index contributed by atoms with van der Waals surface area (Å²) in [4.78, 5) is 24.1. The Morgan fingerprint density at radius 1 is 1.37 bits per heavy atom. The summed E-state index contributed by atoms with van der Waals surface area (Å²) in [6.07, 6.45) is 6.58. The van der Waals surface area contributed by atoms with Crippen LogP contribution >= 0.6 is 11.8 Å². The van der Waals surface area contributed by atoms with Crippen LogP contribution in [0.4, 0.5) is 11.5 Å². The van der Waals surface area contributed by atoms with Gasteiger partial charge in [-0.25, -0.2) is 9.97 Å². The Morgan fingerprint density at radius 3 is 3.07 bits per heavy atom. The molecule has 27 heavy (non-hydrogen) atoms. The summed E-state index contributed by atoms with van der Waals surface area (Å²) >= 11 is 1.66. The number of carbonyl (C=O) groups excluding carboxylic acids is 1. The molecule has 2 fully saturated rings. The average molecular weight is 382 g/mol. The van der Waals surface area contributed by atoms with E-state index in [0.717, 1.165) is 49.0 Å². The van der Waals surface area contributed by atoms with Crippen molar-refractivity contribution >= 4 is 29.2 Å². The predicted molar refractivity (Wildman–Crippen MR) is 103 cm³/mol. The van der Waals surface area contributed by atoms with Gasteiger partial charge in [0.2, 0.25) is 0 Å². The second kappa shape index (κ2) is 6.49. The first-order valence-corrected chi connectivity index (χ1v) is 10.1. The van der Waals surface area contributed by atoms with Crippen LogP contribution in [0.2, 0.25) is 0 Å². The van der Waals surface area contributed by atoms with Gasteiger partial charge in [-0.1, -0.05) is 17.8 Å². The molecule has 0 unspecified atom stereocenters. The first-order chi connectivity index (χ1) is 13.1. The molecule has 6 nitrogen and oxygen atoms in total. The van der Waals surface area contributed by atoms with Gasteiger partial charge in [-0.05, 0) is 48.9 Å². The van der Waals surface area contributed by atoms with Crippen LogP contribution in [-0.4, -0.2) is 41.0 Å². The highest BCUT2D eigenvalue weighted by atomic mass is 32.2. The Balaban J connectivity index is 1.24. The molecule has 0 radical (unpaired) electrons. The van der Waals surface area contributed by atoms with E-state index in [-0.39, 0.29) is 11.9 Å². The number of likely N-dealkylation sites (tertiary alicyclic amines) is 1. The lowest BCUT2D eigenvalue weighted by atomic mass is 9.61. The number of nitrogens with zero attached hydrogens (tertiary/aromatic N) is 3. The van der Waals surface area contributed by atoms with Gasteiger partial charge in [-0.3, -0.25) is 9.69 Å². The molecule has 1 aliphatic carbocycles. The molecule has 1 N–H and O–H groups in total. The Bertz CT molecular complexity index is 897. The van der Waals surface area contributed by atoms with Crippen molar-refractivity contribution < 1.29 is 9.53 Å². The molecule has 1 aromatic carbocycles. The summed E-state index contributed by atoms with van der Waals surface area (Å²) in [7, 11) is 1.49. The topological polar surface area (TPSA) is 67.3 Å². The van der Waals surface area contributed by atoms with E-state index in [9.17, 15) is 4.79 Å². The largest absolute Gasteiger partial charge is 0.469 e. The number of esters is 1. The van der Waals surface area contributed by atoms with Crippen LogP contribution in [0.5, 0.6) is 0 Å². The summed E-state index contributed by atoms with van der Waals surface area (Å²) in [5, 5.41) is 4.33. The van der Waals surface area contributed by atoms with Gasteiger partial charge < -0.3 is 10.1 Å². The zero-order valence-electron chi connectivity index (χ0n) is 15.3. The van der Waals surface area contributed by atoms with Gasteiger partial charge in [0.25, 0.3) is 0 Å². The smallest absolute Gasteiger partial charge is 0.308 e.